The largest absolute Gasteiger partial charge is 0.336 e. The third-order valence-corrected chi connectivity index (χ3v) is 5.75. The first-order chi connectivity index (χ1) is 12.5. The molecule has 1 aromatic heterocycles. The Kier molecular flexibility index (Phi) is 5.65. The van der Waals surface area contributed by atoms with E-state index in [1.54, 1.807) is 41.4 Å². The van der Waals surface area contributed by atoms with Crippen molar-refractivity contribution in [1.29, 1.82) is 0 Å². The molecule has 0 radical (unpaired) electrons. The average Bonchev–Trinajstić information content (AvgIpc) is 2.67. The fourth-order valence-electron chi connectivity index (χ4n) is 2.74. The molecule has 0 spiro atoms. The van der Waals surface area contributed by atoms with Crippen LogP contribution in [0.4, 0.5) is 0 Å². The molecule has 2 heterocycles. The number of benzene rings is 1. The predicted octanol–water partition coefficient (Wildman–Crippen LogP) is 0.948. The Hall–Kier alpha value is -2.29. The first-order valence-corrected chi connectivity index (χ1v) is 9.91. The molecule has 3 rings (SSSR count). The zero-order valence-electron chi connectivity index (χ0n) is 14.6. The molecule has 0 saturated carbocycles. The van der Waals surface area contributed by atoms with E-state index < -0.39 is 10.0 Å². The number of hydrogen-bond donors (Lipinski definition) is 1. The third-order valence-electron chi connectivity index (χ3n) is 4.35. The lowest BCUT2D eigenvalue weighted by Gasteiger charge is -2.32. The van der Waals surface area contributed by atoms with Crippen LogP contribution in [0.1, 0.15) is 16.1 Å². The van der Waals surface area contributed by atoms with Gasteiger partial charge in [-0.05, 0) is 37.4 Å². The van der Waals surface area contributed by atoms with E-state index in [2.05, 4.69) is 14.6 Å². The Labute approximate surface area is 153 Å². The molecule has 8 heteroatoms. The van der Waals surface area contributed by atoms with E-state index in [-0.39, 0.29) is 17.3 Å². The molecule has 2 aromatic rings. The van der Waals surface area contributed by atoms with Gasteiger partial charge in [0.25, 0.3) is 5.91 Å². The van der Waals surface area contributed by atoms with Gasteiger partial charge >= 0.3 is 0 Å². The summed E-state index contributed by atoms with van der Waals surface area (Å²) in [6, 6.07) is 11.5. The first kappa shape index (κ1) is 18.5. The minimum absolute atomic E-state index is 0.0772. The molecule has 1 aliphatic heterocycles. The Morgan fingerprint density at radius 3 is 2.58 bits per heavy atom. The highest BCUT2D eigenvalue weighted by Gasteiger charge is 2.22. The van der Waals surface area contributed by atoms with Crippen molar-refractivity contribution in [3.8, 4) is 0 Å². The standard InChI is InChI=1S/C18H22N4O3S/c1-21-9-11-22(12-10-21)18(23)15-5-4-7-17(13-15)26(24,25)20-14-16-6-2-3-8-19-16/h2-8,13,20H,9-12,14H2,1H3. The van der Waals surface area contributed by atoms with Crippen LogP contribution in [-0.4, -0.2) is 62.3 Å². The lowest BCUT2D eigenvalue weighted by atomic mass is 10.2. The summed E-state index contributed by atoms with van der Waals surface area (Å²) in [5, 5.41) is 0. The van der Waals surface area contributed by atoms with Crippen LogP contribution >= 0.6 is 0 Å². The summed E-state index contributed by atoms with van der Waals surface area (Å²) < 4.78 is 27.6. The number of nitrogens with one attached hydrogen (secondary N) is 1. The van der Waals surface area contributed by atoms with Gasteiger partial charge in [-0.2, -0.15) is 0 Å². The number of nitrogens with zero attached hydrogens (tertiary/aromatic N) is 3. The summed E-state index contributed by atoms with van der Waals surface area (Å²) in [5.41, 5.74) is 1.01. The Bertz CT molecular complexity index is 863. The van der Waals surface area contributed by atoms with Crippen molar-refractivity contribution in [2.75, 3.05) is 33.2 Å². The molecule has 1 aliphatic rings. The van der Waals surface area contributed by atoms with E-state index in [1.165, 1.54) is 12.1 Å². The molecule has 1 aromatic carbocycles. The van der Waals surface area contributed by atoms with Gasteiger partial charge in [-0.25, -0.2) is 13.1 Å². The zero-order chi connectivity index (χ0) is 18.6. The highest BCUT2D eigenvalue weighted by molar-refractivity contribution is 7.89. The quantitative estimate of drug-likeness (QED) is 0.843. The van der Waals surface area contributed by atoms with Gasteiger partial charge in [-0.1, -0.05) is 12.1 Å². The minimum Gasteiger partial charge on any atom is -0.336 e. The number of likely N-dealkylation sites (N-methyl/N-ethyl adjacent to an activating group) is 1. The van der Waals surface area contributed by atoms with Crippen LogP contribution in [0.15, 0.2) is 53.6 Å². The van der Waals surface area contributed by atoms with Crippen molar-refractivity contribution >= 4 is 15.9 Å². The molecule has 138 valence electrons. The monoisotopic (exact) mass is 374 g/mol. The average molecular weight is 374 g/mol. The molecule has 1 saturated heterocycles. The van der Waals surface area contributed by atoms with Gasteiger partial charge < -0.3 is 9.80 Å². The normalized spacial score (nSPS) is 15.8. The summed E-state index contributed by atoms with van der Waals surface area (Å²) in [4.78, 5) is 20.7. The highest BCUT2D eigenvalue weighted by atomic mass is 32.2. The summed E-state index contributed by atoms with van der Waals surface area (Å²) in [6.07, 6.45) is 1.61. The maximum Gasteiger partial charge on any atom is 0.253 e. The smallest absolute Gasteiger partial charge is 0.253 e. The van der Waals surface area contributed by atoms with Crippen LogP contribution in [0.3, 0.4) is 0 Å². The fraction of sp³-hybridized carbons (Fsp3) is 0.333. The van der Waals surface area contributed by atoms with Crippen LogP contribution in [0.2, 0.25) is 0 Å². The first-order valence-electron chi connectivity index (χ1n) is 8.43. The summed E-state index contributed by atoms with van der Waals surface area (Å²) in [6.45, 7) is 3.01. The van der Waals surface area contributed by atoms with Gasteiger partial charge in [0, 0.05) is 37.9 Å². The molecular weight excluding hydrogens is 352 g/mol. The van der Waals surface area contributed by atoms with Crippen molar-refractivity contribution in [1.82, 2.24) is 19.5 Å². The van der Waals surface area contributed by atoms with E-state index in [1.807, 2.05) is 7.05 Å². The number of carbonyl (C=O) groups excluding carboxylic acids is 1. The Balaban J connectivity index is 1.72. The molecule has 0 unspecified atom stereocenters. The third kappa shape index (κ3) is 4.46. The van der Waals surface area contributed by atoms with Gasteiger partial charge in [-0.3, -0.25) is 9.78 Å². The van der Waals surface area contributed by atoms with Crippen molar-refractivity contribution in [3.05, 3.63) is 59.9 Å². The lowest BCUT2D eigenvalue weighted by Crippen LogP contribution is -2.47. The van der Waals surface area contributed by atoms with Crippen molar-refractivity contribution in [2.45, 2.75) is 11.4 Å². The number of aromatic nitrogens is 1. The van der Waals surface area contributed by atoms with E-state index in [4.69, 9.17) is 0 Å². The number of sulfonamides is 1. The summed E-state index contributed by atoms with van der Waals surface area (Å²) >= 11 is 0. The number of amides is 1. The number of pyridine rings is 1. The summed E-state index contributed by atoms with van der Waals surface area (Å²) in [7, 11) is -1.71. The van der Waals surface area contributed by atoms with E-state index in [9.17, 15) is 13.2 Å². The topological polar surface area (TPSA) is 82.6 Å². The van der Waals surface area contributed by atoms with Crippen LogP contribution in [0.5, 0.6) is 0 Å². The van der Waals surface area contributed by atoms with Crippen molar-refractivity contribution in [2.24, 2.45) is 0 Å². The second-order valence-corrected chi connectivity index (χ2v) is 8.04. The van der Waals surface area contributed by atoms with Crippen LogP contribution < -0.4 is 4.72 Å². The number of carbonyl (C=O) groups is 1. The minimum atomic E-state index is -3.72. The van der Waals surface area contributed by atoms with E-state index in [0.717, 1.165) is 13.1 Å². The number of piperazine rings is 1. The SMILES string of the molecule is CN1CCN(C(=O)c2cccc(S(=O)(=O)NCc3ccccn3)c2)CC1. The molecular formula is C18H22N4O3S. The van der Waals surface area contributed by atoms with Gasteiger partial charge in [0.15, 0.2) is 0 Å². The maximum absolute atomic E-state index is 12.6. The van der Waals surface area contributed by atoms with Gasteiger partial charge in [0.2, 0.25) is 10.0 Å². The Morgan fingerprint density at radius 1 is 1.12 bits per heavy atom. The van der Waals surface area contributed by atoms with Crippen LogP contribution in [0, 0.1) is 0 Å². The van der Waals surface area contributed by atoms with Gasteiger partial charge in [0.05, 0.1) is 17.1 Å². The number of hydrogen-bond acceptors (Lipinski definition) is 5. The molecule has 1 fully saturated rings. The lowest BCUT2D eigenvalue weighted by molar-refractivity contribution is 0.0664. The van der Waals surface area contributed by atoms with Crippen LogP contribution in [0.25, 0.3) is 0 Å². The Morgan fingerprint density at radius 2 is 1.88 bits per heavy atom. The highest BCUT2D eigenvalue weighted by Crippen LogP contribution is 2.15. The molecule has 7 nitrogen and oxygen atoms in total. The number of rotatable bonds is 5. The molecule has 1 N–H and O–H groups in total. The predicted molar refractivity (Wildman–Crippen MR) is 98.1 cm³/mol. The maximum atomic E-state index is 12.6. The molecule has 0 aliphatic carbocycles. The van der Waals surface area contributed by atoms with Gasteiger partial charge in [0.1, 0.15) is 0 Å². The molecule has 0 bridgehead atoms. The second kappa shape index (κ2) is 7.94. The van der Waals surface area contributed by atoms with E-state index >= 15 is 0 Å². The zero-order valence-corrected chi connectivity index (χ0v) is 15.4. The second-order valence-electron chi connectivity index (χ2n) is 6.27. The van der Waals surface area contributed by atoms with Gasteiger partial charge in [-0.15, -0.1) is 0 Å². The van der Waals surface area contributed by atoms with Crippen molar-refractivity contribution < 1.29 is 13.2 Å². The van der Waals surface area contributed by atoms with Crippen molar-refractivity contribution in [3.63, 3.8) is 0 Å². The molecule has 1 amide bonds. The molecule has 26 heavy (non-hydrogen) atoms. The summed E-state index contributed by atoms with van der Waals surface area (Å²) in [5.74, 6) is -0.139. The van der Waals surface area contributed by atoms with Crippen LogP contribution in [-0.2, 0) is 16.6 Å². The fourth-order valence-corrected chi connectivity index (χ4v) is 3.79. The van der Waals surface area contributed by atoms with E-state index in [0.29, 0.717) is 24.3 Å². The molecule has 0 atom stereocenters.